The number of carboxylic acid groups (broad SMARTS) is 1. The van der Waals surface area contributed by atoms with Crippen molar-refractivity contribution in [3.63, 3.8) is 0 Å². The molecule has 1 saturated carbocycles. The highest BCUT2D eigenvalue weighted by atomic mass is 35.5. The van der Waals surface area contributed by atoms with E-state index in [4.69, 9.17) is 16.7 Å². The first-order valence-corrected chi connectivity index (χ1v) is 6.73. The van der Waals surface area contributed by atoms with Gasteiger partial charge in [0.15, 0.2) is 0 Å². The van der Waals surface area contributed by atoms with Crippen molar-refractivity contribution < 1.29 is 14.7 Å². The summed E-state index contributed by atoms with van der Waals surface area (Å²) in [6.45, 7) is 1.21. The molecule has 5 heteroatoms. The van der Waals surface area contributed by atoms with E-state index < -0.39 is 11.9 Å². The fourth-order valence-corrected chi connectivity index (χ4v) is 2.88. The van der Waals surface area contributed by atoms with Crippen molar-refractivity contribution in [3.05, 3.63) is 34.3 Å². The van der Waals surface area contributed by atoms with Crippen molar-refractivity contribution in [1.29, 1.82) is 0 Å². The van der Waals surface area contributed by atoms with Crippen LogP contribution in [0.4, 0.5) is 0 Å². The van der Waals surface area contributed by atoms with Gasteiger partial charge >= 0.3 is 5.97 Å². The second-order valence-corrected chi connectivity index (χ2v) is 5.65. The fraction of sp³-hybridized carbons (Fsp3) is 0.429. The lowest BCUT2D eigenvalue weighted by molar-refractivity contribution is -0.142. The predicted molar refractivity (Wildman–Crippen MR) is 69.8 cm³/mol. The topological polar surface area (TPSA) is 57.6 Å². The zero-order chi connectivity index (χ0) is 13.6. The number of rotatable bonds is 2. The summed E-state index contributed by atoms with van der Waals surface area (Å²) in [7, 11) is 0. The van der Waals surface area contributed by atoms with Crippen molar-refractivity contribution in [2.24, 2.45) is 11.8 Å². The summed E-state index contributed by atoms with van der Waals surface area (Å²) < 4.78 is 0. The number of carbonyl (C=O) groups excluding carboxylic acids is 1. The Morgan fingerprint density at radius 3 is 2.74 bits per heavy atom. The number of hydrogen-bond acceptors (Lipinski definition) is 2. The average molecular weight is 280 g/mol. The number of nitrogens with zero attached hydrogens (tertiary/aromatic N) is 1. The van der Waals surface area contributed by atoms with Crippen LogP contribution in [-0.4, -0.2) is 28.4 Å². The molecule has 1 aromatic rings. The molecule has 3 rings (SSSR count). The van der Waals surface area contributed by atoms with E-state index in [-0.39, 0.29) is 11.8 Å². The van der Waals surface area contributed by atoms with Gasteiger partial charge in [0.1, 0.15) is 0 Å². The van der Waals surface area contributed by atoms with Crippen LogP contribution in [0.2, 0.25) is 5.02 Å². The van der Waals surface area contributed by atoms with Gasteiger partial charge in [0.05, 0.1) is 11.8 Å². The summed E-state index contributed by atoms with van der Waals surface area (Å²) in [6, 6.07) is 5.71. The lowest BCUT2D eigenvalue weighted by atomic mass is 9.99. The van der Waals surface area contributed by atoms with Crippen LogP contribution in [0, 0.1) is 11.8 Å². The lowest BCUT2D eigenvalue weighted by Gasteiger charge is -2.29. The standard InChI is InChI=1S/C14H14ClNO3/c15-10-2-1-9-7-16(4-3-8(9)5-10)13(17)11-6-12(11)14(18)19/h1-2,5,11-12H,3-4,6-7H2,(H,18,19). The third-order valence-corrected chi connectivity index (χ3v) is 4.15. The summed E-state index contributed by atoms with van der Waals surface area (Å²) >= 11 is 5.94. The molecule has 0 aromatic heterocycles. The van der Waals surface area contributed by atoms with Gasteiger partial charge < -0.3 is 10.0 Å². The zero-order valence-electron chi connectivity index (χ0n) is 10.3. The molecule has 19 heavy (non-hydrogen) atoms. The number of hydrogen-bond donors (Lipinski definition) is 1. The van der Waals surface area contributed by atoms with E-state index in [1.165, 1.54) is 5.56 Å². The summed E-state index contributed by atoms with van der Waals surface area (Å²) in [4.78, 5) is 24.8. The van der Waals surface area contributed by atoms with E-state index in [1.807, 2.05) is 18.2 Å². The van der Waals surface area contributed by atoms with Crippen molar-refractivity contribution in [2.75, 3.05) is 6.54 Å². The molecule has 1 heterocycles. The Morgan fingerprint density at radius 1 is 1.26 bits per heavy atom. The molecule has 1 N–H and O–H groups in total. The highest BCUT2D eigenvalue weighted by Gasteiger charge is 2.49. The molecule has 1 aliphatic heterocycles. The van der Waals surface area contributed by atoms with Gasteiger partial charge in [-0.2, -0.15) is 0 Å². The number of aliphatic carboxylic acids is 1. The van der Waals surface area contributed by atoms with Crippen LogP contribution in [0.1, 0.15) is 17.5 Å². The Morgan fingerprint density at radius 2 is 2.05 bits per heavy atom. The molecule has 0 radical (unpaired) electrons. The maximum absolute atomic E-state index is 12.2. The molecule has 2 unspecified atom stereocenters. The second-order valence-electron chi connectivity index (χ2n) is 5.21. The third-order valence-electron chi connectivity index (χ3n) is 3.92. The fourth-order valence-electron chi connectivity index (χ4n) is 2.69. The van der Waals surface area contributed by atoms with Gasteiger partial charge in [-0.3, -0.25) is 9.59 Å². The molecule has 1 aromatic carbocycles. The minimum absolute atomic E-state index is 0.0204. The summed E-state index contributed by atoms with van der Waals surface area (Å²) in [6.07, 6.45) is 1.27. The Balaban J connectivity index is 1.71. The van der Waals surface area contributed by atoms with E-state index in [1.54, 1.807) is 4.90 Å². The molecule has 1 aliphatic carbocycles. The Labute approximate surface area is 116 Å². The molecule has 2 aliphatic rings. The minimum atomic E-state index is -0.859. The molecule has 100 valence electrons. The van der Waals surface area contributed by atoms with Crippen LogP contribution >= 0.6 is 11.6 Å². The van der Waals surface area contributed by atoms with Gasteiger partial charge in [-0.15, -0.1) is 0 Å². The smallest absolute Gasteiger partial charge is 0.307 e. The van der Waals surface area contributed by atoms with Crippen LogP contribution < -0.4 is 0 Å². The van der Waals surface area contributed by atoms with Gasteiger partial charge in [0, 0.05) is 18.1 Å². The van der Waals surface area contributed by atoms with E-state index in [0.29, 0.717) is 24.5 Å². The number of carboxylic acids is 1. The lowest BCUT2D eigenvalue weighted by Crippen LogP contribution is -2.37. The SMILES string of the molecule is O=C(O)C1CC1C(=O)N1CCc2cc(Cl)ccc2C1. The molecule has 1 fully saturated rings. The molecule has 2 atom stereocenters. The van der Waals surface area contributed by atoms with Gasteiger partial charge in [-0.25, -0.2) is 0 Å². The molecular formula is C14H14ClNO3. The summed E-state index contributed by atoms with van der Waals surface area (Å²) in [5.74, 6) is -1.67. The monoisotopic (exact) mass is 279 g/mol. The van der Waals surface area contributed by atoms with Crippen LogP contribution in [0.5, 0.6) is 0 Å². The largest absolute Gasteiger partial charge is 0.481 e. The quantitative estimate of drug-likeness (QED) is 0.900. The first-order valence-electron chi connectivity index (χ1n) is 6.35. The highest BCUT2D eigenvalue weighted by Crippen LogP contribution is 2.40. The van der Waals surface area contributed by atoms with Crippen LogP contribution in [-0.2, 0) is 22.6 Å². The number of amides is 1. The van der Waals surface area contributed by atoms with Gasteiger partial charge in [-0.05, 0) is 36.1 Å². The Hall–Kier alpha value is -1.55. The van der Waals surface area contributed by atoms with E-state index in [2.05, 4.69) is 0 Å². The minimum Gasteiger partial charge on any atom is -0.481 e. The first-order chi connectivity index (χ1) is 9.06. The number of carbonyl (C=O) groups is 2. The number of benzene rings is 1. The highest BCUT2D eigenvalue weighted by molar-refractivity contribution is 6.30. The molecule has 4 nitrogen and oxygen atoms in total. The zero-order valence-corrected chi connectivity index (χ0v) is 11.1. The molecule has 0 bridgehead atoms. The van der Waals surface area contributed by atoms with Crippen LogP contribution in [0.25, 0.3) is 0 Å². The van der Waals surface area contributed by atoms with Crippen molar-refractivity contribution in [1.82, 2.24) is 4.90 Å². The molecular weight excluding hydrogens is 266 g/mol. The van der Waals surface area contributed by atoms with Crippen molar-refractivity contribution >= 4 is 23.5 Å². The van der Waals surface area contributed by atoms with E-state index in [0.717, 1.165) is 12.0 Å². The summed E-state index contributed by atoms with van der Waals surface area (Å²) in [5.41, 5.74) is 2.29. The first kappa shape index (κ1) is 12.5. The van der Waals surface area contributed by atoms with E-state index in [9.17, 15) is 9.59 Å². The van der Waals surface area contributed by atoms with Gasteiger partial charge in [0.25, 0.3) is 0 Å². The Kier molecular flexibility index (Phi) is 2.97. The molecule has 1 amide bonds. The third kappa shape index (κ3) is 2.32. The van der Waals surface area contributed by atoms with Crippen molar-refractivity contribution in [2.45, 2.75) is 19.4 Å². The maximum Gasteiger partial charge on any atom is 0.307 e. The maximum atomic E-state index is 12.2. The Bertz CT molecular complexity index is 558. The summed E-state index contributed by atoms with van der Waals surface area (Å²) in [5, 5.41) is 9.59. The van der Waals surface area contributed by atoms with Crippen molar-refractivity contribution in [3.8, 4) is 0 Å². The van der Waals surface area contributed by atoms with Gasteiger partial charge in [0.2, 0.25) is 5.91 Å². The average Bonchev–Trinajstić information content (AvgIpc) is 3.17. The van der Waals surface area contributed by atoms with E-state index >= 15 is 0 Å². The number of fused-ring (bicyclic) bond motifs is 1. The molecule has 0 spiro atoms. The predicted octanol–water partition coefficient (Wildman–Crippen LogP) is 1.95. The molecule has 0 saturated heterocycles. The second kappa shape index (κ2) is 4.53. The van der Waals surface area contributed by atoms with Gasteiger partial charge in [-0.1, -0.05) is 17.7 Å². The normalized spacial score (nSPS) is 24.8. The number of halogens is 1. The van der Waals surface area contributed by atoms with Crippen LogP contribution in [0.15, 0.2) is 18.2 Å². The van der Waals surface area contributed by atoms with Crippen LogP contribution in [0.3, 0.4) is 0 Å².